The van der Waals surface area contributed by atoms with Crippen LogP contribution in [-0.2, 0) is 4.79 Å². The maximum atomic E-state index is 10.7. The second-order valence-corrected chi connectivity index (χ2v) is 2.20. The number of hydrogen-bond donors (Lipinski definition) is 2. The van der Waals surface area contributed by atoms with Crippen molar-refractivity contribution in [2.45, 2.75) is 20.0 Å². The molecule has 0 bridgehead atoms. The largest absolute Gasteiger partial charge is 0.369 e. The van der Waals surface area contributed by atoms with E-state index in [1.807, 2.05) is 13.8 Å². The number of rotatable bonds is 0. The van der Waals surface area contributed by atoms with Gasteiger partial charge in [-0.25, -0.2) is 0 Å². The molecule has 1 rings (SSSR count). The molecule has 0 aliphatic carbocycles. The van der Waals surface area contributed by atoms with Crippen molar-refractivity contribution in [3.63, 3.8) is 0 Å². The van der Waals surface area contributed by atoms with Gasteiger partial charge < -0.3 is 10.6 Å². The smallest absolute Gasteiger partial charge is 0.247 e. The average Bonchev–Trinajstić information content (AvgIpc) is 1.59. The molecule has 3 heteroatoms. The van der Waals surface area contributed by atoms with Crippen molar-refractivity contribution in [3.05, 3.63) is 11.8 Å². The molecular formula is C6H10N2O. The monoisotopic (exact) mass is 126 g/mol. The van der Waals surface area contributed by atoms with Crippen LogP contribution in [-0.4, -0.2) is 12.1 Å². The molecule has 1 unspecified atom stereocenters. The first kappa shape index (κ1) is 6.13. The normalized spacial score (nSPS) is 26.2. The lowest BCUT2D eigenvalue weighted by Crippen LogP contribution is -2.45. The zero-order chi connectivity index (χ0) is 6.85. The molecule has 9 heavy (non-hydrogen) atoms. The summed E-state index contributed by atoms with van der Waals surface area (Å²) in [6.07, 6.45) is 1.61. The highest BCUT2D eigenvalue weighted by Gasteiger charge is 2.09. The van der Waals surface area contributed by atoms with Crippen molar-refractivity contribution in [1.82, 2.24) is 10.6 Å². The lowest BCUT2D eigenvalue weighted by atomic mass is 10.3. The fraction of sp³-hybridized carbons (Fsp3) is 0.500. The Bertz CT molecular complexity index is 162. The molecule has 1 heterocycles. The van der Waals surface area contributed by atoms with E-state index in [-0.39, 0.29) is 12.1 Å². The fourth-order valence-electron chi connectivity index (χ4n) is 0.871. The molecule has 0 saturated heterocycles. The van der Waals surface area contributed by atoms with Gasteiger partial charge in [-0.15, -0.1) is 0 Å². The highest BCUT2D eigenvalue weighted by molar-refractivity contribution is 5.89. The minimum absolute atomic E-state index is 0.0150. The predicted octanol–water partition coefficient (Wildman–Crippen LogP) is -0.0444. The Morgan fingerprint density at radius 2 is 2.22 bits per heavy atom. The lowest BCUT2D eigenvalue weighted by Gasteiger charge is -2.20. The third-order valence-electron chi connectivity index (χ3n) is 1.15. The van der Waals surface area contributed by atoms with Gasteiger partial charge in [-0.3, -0.25) is 4.79 Å². The van der Waals surface area contributed by atoms with Crippen molar-refractivity contribution in [2.24, 2.45) is 0 Å². The molecule has 0 aromatic rings. The van der Waals surface area contributed by atoms with Gasteiger partial charge in [0.2, 0.25) is 5.91 Å². The van der Waals surface area contributed by atoms with Crippen LogP contribution in [0.2, 0.25) is 0 Å². The van der Waals surface area contributed by atoms with E-state index in [4.69, 9.17) is 0 Å². The van der Waals surface area contributed by atoms with Gasteiger partial charge in [0.1, 0.15) is 0 Å². The second kappa shape index (κ2) is 2.09. The Balaban J connectivity index is 2.67. The molecular weight excluding hydrogens is 116 g/mol. The first-order valence-electron chi connectivity index (χ1n) is 2.94. The van der Waals surface area contributed by atoms with Gasteiger partial charge in [-0.05, 0) is 13.8 Å². The molecule has 0 spiro atoms. The summed E-state index contributed by atoms with van der Waals surface area (Å²) in [6.45, 7) is 3.77. The molecule has 0 fully saturated rings. The minimum Gasteiger partial charge on any atom is -0.369 e. The minimum atomic E-state index is -0.0150. The number of hydrogen-bond acceptors (Lipinski definition) is 2. The average molecular weight is 126 g/mol. The van der Waals surface area contributed by atoms with E-state index in [0.29, 0.717) is 0 Å². The summed E-state index contributed by atoms with van der Waals surface area (Å²) in [5.41, 5.74) is 0.922. The quantitative estimate of drug-likeness (QED) is 0.478. The Kier molecular flexibility index (Phi) is 1.42. The van der Waals surface area contributed by atoms with Crippen LogP contribution in [0.4, 0.5) is 0 Å². The lowest BCUT2D eigenvalue weighted by molar-refractivity contribution is -0.117. The summed E-state index contributed by atoms with van der Waals surface area (Å²) in [5, 5.41) is 5.72. The van der Waals surface area contributed by atoms with Crippen molar-refractivity contribution in [1.29, 1.82) is 0 Å². The molecule has 1 aliphatic rings. The van der Waals surface area contributed by atoms with E-state index < -0.39 is 0 Å². The van der Waals surface area contributed by atoms with Crippen LogP contribution < -0.4 is 10.6 Å². The van der Waals surface area contributed by atoms with E-state index in [1.165, 1.54) is 0 Å². The molecule has 0 saturated carbocycles. The SMILES string of the molecule is CC1=CC(=O)NC(C)N1. The van der Waals surface area contributed by atoms with Crippen LogP contribution >= 0.6 is 0 Å². The zero-order valence-electron chi connectivity index (χ0n) is 5.56. The van der Waals surface area contributed by atoms with Crippen LogP contribution in [0.15, 0.2) is 11.8 Å². The van der Waals surface area contributed by atoms with Crippen LogP contribution in [0.1, 0.15) is 13.8 Å². The number of carbonyl (C=O) groups excluding carboxylic acids is 1. The number of nitrogens with one attached hydrogen (secondary N) is 2. The van der Waals surface area contributed by atoms with Crippen molar-refractivity contribution in [3.8, 4) is 0 Å². The summed E-state index contributed by atoms with van der Waals surface area (Å²) in [6, 6.07) is 0. The number of allylic oxidation sites excluding steroid dienone is 1. The van der Waals surface area contributed by atoms with E-state index >= 15 is 0 Å². The number of amides is 1. The van der Waals surface area contributed by atoms with Crippen molar-refractivity contribution in [2.75, 3.05) is 0 Å². The van der Waals surface area contributed by atoms with Gasteiger partial charge in [-0.2, -0.15) is 0 Å². The van der Waals surface area contributed by atoms with Gasteiger partial charge in [0.05, 0.1) is 6.17 Å². The second-order valence-electron chi connectivity index (χ2n) is 2.20. The third kappa shape index (κ3) is 1.45. The predicted molar refractivity (Wildman–Crippen MR) is 34.5 cm³/mol. The first-order valence-corrected chi connectivity index (χ1v) is 2.94. The van der Waals surface area contributed by atoms with Crippen LogP contribution in [0, 0.1) is 0 Å². The van der Waals surface area contributed by atoms with Gasteiger partial charge in [0, 0.05) is 11.8 Å². The summed E-state index contributed by atoms with van der Waals surface area (Å²) < 4.78 is 0. The molecule has 2 N–H and O–H groups in total. The van der Waals surface area contributed by atoms with Gasteiger partial charge in [0.15, 0.2) is 0 Å². The van der Waals surface area contributed by atoms with Crippen molar-refractivity contribution >= 4 is 5.91 Å². The Morgan fingerprint density at radius 3 is 2.67 bits per heavy atom. The van der Waals surface area contributed by atoms with Gasteiger partial charge >= 0.3 is 0 Å². The standard InChI is InChI=1S/C6H10N2O/c1-4-3-6(9)8-5(2)7-4/h3,5,7H,1-2H3,(H,8,9). The van der Waals surface area contributed by atoms with Crippen molar-refractivity contribution < 1.29 is 4.79 Å². The molecule has 0 aromatic heterocycles. The molecule has 1 amide bonds. The first-order chi connectivity index (χ1) is 4.18. The number of carbonyl (C=O) groups is 1. The van der Waals surface area contributed by atoms with Gasteiger partial charge in [-0.1, -0.05) is 0 Å². The topological polar surface area (TPSA) is 41.1 Å². The maximum Gasteiger partial charge on any atom is 0.247 e. The summed E-state index contributed by atoms with van der Waals surface area (Å²) in [7, 11) is 0. The van der Waals surface area contributed by atoms with Crippen LogP contribution in [0.3, 0.4) is 0 Å². The molecule has 1 aliphatic heterocycles. The fourth-order valence-corrected chi connectivity index (χ4v) is 0.871. The van der Waals surface area contributed by atoms with Gasteiger partial charge in [0.25, 0.3) is 0 Å². The Hall–Kier alpha value is -0.990. The molecule has 0 aromatic carbocycles. The highest BCUT2D eigenvalue weighted by Crippen LogP contribution is 1.94. The Morgan fingerprint density at radius 1 is 1.56 bits per heavy atom. The van der Waals surface area contributed by atoms with Crippen LogP contribution in [0.25, 0.3) is 0 Å². The molecule has 1 atom stereocenters. The zero-order valence-corrected chi connectivity index (χ0v) is 5.56. The highest BCUT2D eigenvalue weighted by atomic mass is 16.1. The summed E-state index contributed by atoms with van der Waals surface area (Å²) in [5.74, 6) is -0.0150. The molecule has 50 valence electrons. The molecule has 0 radical (unpaired) electrons. The van der Waals surface area contributed by atoms with E-state index in [0.717, 1.165) is 5.70 Å². The van der Waals surface area contributed by atoms with E-state index in [1.54, 1.807) is 6.08 Å². The van der Waals surface area contributed by atoms with E-state index in [9.17, 15) is 4.79 Å². The summed E-state index contributed by atoms with van der Waals surface area (Å²) in [4.78, 5) is 10.7. The van der Waals surface area contributed by atoms with Crippen LogP contribution in [0.5, 0.6) is 0 Å². The van der Waals surface area contributed by atoms with E-state index in [2.05, 4.69) is 10.6 Å². The maximum absolute atomic E-state index is 10.7. The Labute approximate surface area is 54.1 Å². The summed E-state index contributed by atoms with van der Waals surface area (Å²) >= 11 is 0. The third-order valence-corrected chi connectivity index (χ3v) is 1.15. The molecule has 3 nitrogen and oxygen atoms in total.